The van der Waals surface area contributed by atoms with Gasteiger partial charge in [0.15, 0.2) is 6.29 Å². The number of hydrogen-bond donors (Lipinski definition) is 0. The van der Waals surface area contributed by atoms with Gasteiger partial charge in [0, 0.05) is 19.1 Å². The van der Waals surface area contributed by atoms with Crippen molar-refractivity contribution >= 4 is 17.6 Å². The summed E-state index contributed by atoms with van der Waals surface area (Å²) in [6.07, 6.45) is 0.633. The number of thiophene rings is 1. The van der Waals surface area contributed by atoms with Crippen LogP contribution in [-0.4, -0.2) is 20.0 Å². The quantitative estimate of drug-likeness (QED) is 0.669. The number of hydrogen-bond acceptors (Lipinski definition) is 3. The first-order valence-corrected chi connectivity index (χ1v) is 4.30. The summed E-state index contributed by atoms with van der Waals surface area (Å²) in [7, 11) is 1.68. The molecule has 1 heterocycles. The second-order valence-electron chi connectivity index (χ2n) is 1.86. The third-order valence-corrected chi connectivity index (χ3v) is 1.82. The summed E-state index contributed by atoms with van der Waals surface area (Å²) in [5.74, 6) is -0.336. The number of halogens is 1. The van der Waals surface area contributed by atoms with Gasteiger partial charge >= 0.3 is 0 Å². The van der Waals surface area contributed by atoms with Gasteiger partial charge < -0.3 is 4.74 Å². The molecule has 0 saturated carbocycles. The van der Waals surface area contributed by atoms with Gasteiger partial charge in [-0.1, -0.05) is 0 Å². The normalized spacial score (nSPS) is 8.58. The smallest absolute Gasteiger partial charge is 0.160 e. The molecule has 2 nitrogen and oxygen atoms in total. The summed E-state index contributed by atoms with van der Waals surface area (Å²) in [5, 5.41) is 1.30. The first-order chi connectivity index (χ1) is 5.74. The van der Waals surface area contributed by atoms with Gasteiger partial charge in [0.2, 0.25) is 0 Å². The maximum Gasteiger partial charge on any atom is 0.160 e. The zero-order valence-electron chi connectivity index (χ0n) is 7.04. The van der Waals surface area contributed by atoms with Crippen molar-refractivity contribution < 1.29 is 13.9 Å². The first kappa shape index (κ1) is 11.3. The van der Waals surface area contributed by atoms with E-state index in [4.69, 9.17) is 0 Å². The Morgan fingerprint density at radius 1 is 1.75 bits per heavy atom. The predicted octanol–water partition coefficient (Wildman–Crippen LogP) is 2.35. The summed E-state index contributed by atoms with van der Waals surface area (Å²) >= 11 is 1.11. The van der Waals surface area contributed by atoms with Gasteiger partial charge in [0.05, 0.1) is 4.88 Å². The molecular formula is C8H11FO2S. The SMILES string of the molecule is CCOC.O=Cc1cc(F)cs1. The van der Waals surface area contributed by atoms with Crippen LogP contribution in [0.1, 0.15) is 16.6 Å². The average Bonchev–Trinajstić information content (AvgIpc) is 2.52. The third-order valence-electron chi connectivity index (χ3n) is 0.993. The molecule has 0 spiro atoms. The molecule has 0 aliphatic carbocycles. The van der Waals surface area contributed by atoms with E-state index in [0.29, 0.717) is 11.2 Å². The number of methoxy groups -OCH3 is 1. The van der Waals surface area contributed by atoms with Crippen LogP contribution in [0.4, 0.5) is 4.39 Å². The van der Waals surface area contributed by atoms with Crippen molar-refractivity contribution in [1.82, 2.24) is 0 Å². The van der Waals surface area contributed by atoms with Crippen LogP contribution in [0.3, 0.4) is 0 Å². The zero-order valence-corrected chi connectivity index (χ0v) is 7.86. The van der Waals surface area contributed by atoms with Crippen molar-refractivity contribution in [1.29, 1.82) is 0 Å². The number of ether oxygens (including phenoxy) is 1. The summed E-state index contributed by atoms with van der Waals surface area (Å²) in [4.78, 5) is 10.3. The maximum absolute atomic E-state index is 12.0. The monoisotopic (exact) mass is 190 g/mol. The van der Waals surface area contributed by atoms with E-state index in [1.54, 1.807) is 7.11 Å². The fourth-order valence-electron chi connectivity index (χ4n) is 0.390. The lowest BCUT2D eigenvalue weighted by Crippen LogP contribution is -1.73. The molecule has 1 aromatic heterocycles. The Morgan fingerprint density at radius 3 is 2.50 bits per heavy atom. The topological polar surface area (TPSA) is 26.3 Å². The molecule has 0 aromatic carbocycles. The van der Waals surface area contributed by atoms with Gasteiger partial charge in [-0.05, 0) is 13.0 Å². The lowest BCUT2D eigenvalue weighted by Gasteiger charge is -1.76. The fourth-order valence-corrected chi connectivity index (χ4v) is 0.943. The Hall–Kier alpha value is -0.740. The summed E-state index contributed by atoms with van der Waals surface area (Å²) in [5.41, 5.74) is 0. The molecule has 0 fully saturated rings. The van der Waals surface area contributed by atoms with E-state index in [-0.39, 0.29) is 5.82 Å². The Kier molecular flexibility index (Phi) is 6.51. The average molecular weight is 190 g/mol. The van der Waals surface area contributed by atoms with Crippen LogP contribution in [0.15, 0.2) is 11.4 Å². The maximum atomic E-state index is 12.0. The zero-order chi connectivity index (χ0) is 9.40. The molecule has 0 atom stereocenters. The van der Waals surface area contributed by atoms with Crippen molar-refractivity contribution in [2.45, 2.75) is 6.92 Å². The molecule has 4 heteroatoms. The van der Waals surface area contributed by atoms with Crippen LogP contribution in [-0.2, 0) is 4.74 Å². The van der Waals surface area contributed by atoms with Crippen molar-refractivity contribution in [3.8, 4) is 0 Å². The van der Waals surface area contributed by atoms with E-state index in [2.05, 4.69) is 4.74 Å². The van der Waals surface area contributed by atoms with Gasteiger partial charge in [-0.25, -0.2) is 4.39 Å². The molecule has 0 aliphatic heterocycles. The number of rotatable bonds is 2. The van der Waals surface area contributed by atoms with E-state index in [0.717, 1.165) is 17.9 Å². The van der Waals surface area contributed by atoms with Crippen LogP contribution in [0.5, 0.6) is 0 Å². The molecule has 0 unspecified atom stereocenters. The van der Waals surface area contributed by atoms with Gasteiger partial charge in [0.1, 0.15) is 5.82 Å². The summed E-state index contributed by atoms with van der Waals surface area (Å²) < 4.78 is 16.5. The lowest BCUT2D eigenvalue weighted by molar-refractivity contribution is 0.112. The highest BCUT2D eigenvalue weighted by atomic mass is 32.1. The van der Waals surface area contributed by atoms with Crippen LogP contribution < -0.4 is 0 Å². The molecular weight excluding hydrogens is 179 g/mol. The molecule has 0 amide bonds. The molecule has 1 rings (SSSR count). The highest BCUT2D eigenvalue weighted by Gasteiger charge is 1.93. The van der Waals surface area contributed by atoms with E-state index in [1.165, 1.54) is 11.4 Å². The second-order valence-corrected chi connectivity index (χ2v) is 2.81. The minimum atomic E-state index is -0.336. The van der Waals surface area contributed by atoms with Gasteiger partial charge in [-0.15, -0.1) is 11.3 Å². The van der Waals surface area contributed by atoms with Gasteiger partial charge in [-0.2, -0.15) is 0 Å². The lowest BCUT2D eigenvalue weighted by atomic mass is 10.5. The van der Waals surface area contributed by atoms with E-state index in [1.807, 2.05) is 6.92 Å². The van der Waals surface area contributed by atoms with E-state index in [9.17, 15) is 9.18 Å². The highest BCUT2D eigenvalue weighted by Crippen LogP contribution is 2.09. The third kappa shape index (κ3) is 4.98. The minimum absolute atomic E-state index is 0.336. The van der Waals surface area contributed by atoms with Crippen molar-refractivity contribution in [2.24, 2.45) is 0 Å². The van der Waals surface area contributed by atoms with Gasteiger partial charge in [-0.3, -0.25) is 4.79 Å². The van der Waals surface area contributed by atoms with Crippen molar-refractivity contribution in [2.75, 3.05) is 13.7 Å². The highest BCUT2D eigenvalue weighted by molar-refractivity contribution is 7.11. The first-order valence-electron chi connectivity index (χ1n) is 3.42. The Bertz CT molecular complexity index is 221. The second kappa shape index (κ2) is 6.94. The molecule has 0 saturated heterocycles. The minimum Gasteiger partial charge on any atom is -0.385 e. The van der Waals surface area contributed by atoms with Crippen LogP contribution in [0, 0.1) is 5.82 Å². The molecule has 1 aromatic rings. The molecule has 12 heavy (non-hydrogen) atoms. The van der Waals surface area contributed by atoms with Crippen LogP contribution in [0.2, 0.25) is 0 Å². The molecule has 68 valence electrons. The standard InChI is InChI=1S/C5H3FOS.C3H8O/c6-4-1-5(2-7)8-3-4;1-3-4-2/h1-3H;3H2,1-2H3. The summed E-state index contributed by atoms with van der Waals surface area (Å²) in [6.45, 7) is 2.78. The van der Waals surface area contributed by atoms with Crippen LogP contribution in [0.25, 0.3) is 0 Å². The Morgan fingerprint density at radius 2 is 2.33 bits per heavy atom. The van der Waals surface area contributed by atoms with E-state index < -0.39 is 0 Å². The van der Waals surface area contributed by atoms with E-state index >= 15 is 0 Å². The summed E-state index contributed by atoms with van der Waals surface area (Å²) in [6, 6.07) is 1.21. The molecule has 0 bridgehead atoms. The Labute approximate surface area is 75.0 Å². The molecule has 0 N–H and O–H groups in total. The van der Waals surface area contributed by atoms with Crippen molar-refractivity contribution in [3.05, 3.63) is 22.1 Å². The largest absolute Gasteiger partial charge is 0.385 e. The number of carbonyl (C=O) groups is 1. The van der Waals surface area contributed by atoms with Crippen LogP contribution >= 0.6 is 11.3 Å². The van der Waals surface area contributed by atoms with Crippen molar-refractivity contribution in [3.63, 3.8) is 0 Å². The number of carbonyl (C=O) groups excluding carboxylic acids is 1. The fraction of sp³-hybridized carbons (Fsp3) is 0.375. The predicted molar refractivity (Wildman–Crippen MR) is 47.2 cm³/mol. The van der Waals surface area contributed by atoms with Gasteiger partial charge in [0.25, 0.3) is 0 Å². The molecule has 0 aliphatic rings. The Balaban J connectivity index is 0.000000261. The number of aldehydes is 1. The molecule has 0 radical (unpaired) electrons.